The van der Waals surface area contributed by atoms with Crippen molar-refractivity contribution in [1.82, 2.24) is 24.7 Å². The van der Waals surface area contributed by atoms with Crippen molar-refractivity contribution >= 4 is 11.3 Å². The Morgan fingerprint density at radius 3 is 2.81 bits per heavy atom. The number of halogens is 3. The van der Waals surface area contributed by atoms with Crippen molar-refractivity contribution in [3.8, 4) is 29.0 Å². The van der Waals surface area contributed by atoms with Crippen molar-refractivity contribution in [3.05, 3.63) is 57.5 Å². The summed E-state index contributed by atoms with van der Waals surface area (Å²) in [7, 11) is 1.48. The second-order valence-electron chi connectivity index (χ2n) is 7.49. The van der Waals surface area contributed by atoms with Gasteiger partial charge < -0.3 is 9.09 Å². The van der Waals surface area contributed by atoms with E-state index in [9.17, 15) is 18.4 Å². The summed E-state index contributed by atoms with van der Waals surface area (Å²) in [6, 6.07) is 5.47. The first kappa shape index (κ1) is 20.4. The van der Waals surface area contributed by atoms with Gasteiger partial charge in [0.2, 0.25) is 11.7 Å². The molecule has 1 atom stereocenters. The van der Waals surface area contributed by atoms with Crippen molar-refractivity contribution in [3.63, 3.8) is 0 Å². The molecule has 4 aromatic rings. The van der Waals surface area contributed by atoms with Crippen LogP contribution < -0.4 is 0 Å². The van der Waals surface area contributed by atoms with Gasteiger partial charge in [-0.15, -0.1) is 11.3 Å². The Morgan fingerprint density at radius 1 is 1.28 bits per heavy atom. The second-order valence-corrected chi connectivity index (χ2v) is 8.45. The van der Waals surface area contributed by atoms with Crippen LogP contribution in [0.15, 0.2) is 34.4 Å². The Morgan fingerprint density at radius 2 is 2.12 bits per heavy atom. The molecule has 1 aliphatic rings. The third-order valence-corrected chi connectivity index (χ3v) is 6.49. The smallest absolute Gasteiger partial charge is 0.338 e. The molecule has 0 N–H and O–H groups in total. The Hall–Kier alpha value is -3.52. The van der Waals surface area contributed by atoms with Crippen molar-refractivity contribution in [2.24, 2.45) is 7.05 Å². The minimum absolute atomic E-state index is 0.105. The molecule has 0 spiro atoms. The van der Waals surface area contributed by atoms with E-state index in [0.29, 0.717) is 28.5 Å². The molecule has 1 aliphatic carbocycles. The number of nitriles is 1. The van der Waals surface area contributed by atoms with Gasteiger partial charge in [-0.25, -0.2) is 4.98 Å². The Kier molecular flexibility index (Phi) is 4.82. The molecule has 0 bridgehead atoms. The Bertz CT molecular complexity index is 1330. The zero-order valence-electron chi connectivity index (χ0n) is 16.7. The number of pyridine rings is 1. The van der Waals surface area contributed by atoms with E-state index in [2.05, 4.69) is 26.2 Å². The lowest BCUT2D eigenvalue weighted by Gasteiger charge is -2.19. The zero-order valence-corrected chi connectivity index (χ0v) is 17.5. The van der Waals surface area contributed by atoms with Crippen LogP contribution in [0.25, 0.3) is 22.9 Å². The summed E-state index contributed by atoms with van der Waals surface area (Å²) in [5.41, 5.74) is 1.51. The van der Waals surface area contributed by atoms with Crippen molar-refractivity contribution in [1.29, 1.82) is 5.26 Å². The van der Waals surface area contributed by atoms with Gasteiger partial charge in [0, 0.05) is 35.3 Å². The molecule has 162 valence electrons. The summed E-state index contributed by atoms with van der Waals surface area (Å²) in [5.74, 6) is 0.755. The third kappa shape index (κ3) is 3.46. The van der Waals surface area contributed by atoms with E-state index in [1.807, 2.05) is 5.38 Å². The van der Waals surface area contributed by atoms with Gasteiger partial charge >= 0.3 is 6.18 Å². The third-order valence-electron chi connectivity index (χ3n) is 5.43. The van der Waals surface area contributed by atoms with E-state index in [4.69, 9.17) is 4.52 Å². The largest absolute Gasteiger partial charge is 0.434 e. The molecule has 0 radical (unpaired) electrons. The second kappa shape index (κ2) is 7.56. The topological polar surface area (TPSA) is 93.4 Å². The van der Waals surface area contributed by atoms with E-state index < -0.39 is 11.9 Å². The molecule has 0 aliphatic heterocycles. The number of fused-ring (bicyclic) bond motifs is 1. The fourth-order valence-electron chi connectivity index (χ4n) is 3.92. The first-order valence-corrected chi connectivity index (χ1v) is 10.6. The summed E-state index contributed by atoms with van der Waals surface area (Å²) >= 11 is 1.58. The lowest BCUT2D eigenvalue weighted by Crippen LogP contribution is -2.10. The molecular formula is C21H15F3N6OS. The molecule has 0 saturated heterocycles. The molecule has 1 unspecified atom stereocenters. The predicted molar refractivity (Wildman–Crippen MR) is 109 cm³/mol. The minimum Gasteiger partial charge on any atom is -0.338 e. The van der Waals surface area contributed by atoms with Crippen LogP contribution in [0.5, 0.6) is 0 Å². The average Bonchev–Trinajstić information content (AvgIpc) is 3.51. The van der Waals surface area contributed by atoms with Crippen LogP contribution in [0.4, 0.5) is 13.2 Å². The average molecular weight is 456 g/mol. The Labute approximate surface area is 184 Å². The summed E-state index contributed by atoms with van der Waals surface area (Å²) in [4.78, 5) is 13.6. The molecule has 7 nitrogen and oxygen atoms in total. The van der Waals surface area contributed by atoms with E-state index >= 15 is 0 Å². The first-order valence-electron chi connectivity index (χ1n) is 9.76. The molecule has 0 aromatic carbocycles. The highest BCUT2D eigenvalue weighted by Crippen LogP contribution is 2.41. The maximum atomic E-state index is 12.9. The van der Waals surface area contributed by atoms with E-state index in [1.54, 1.807) is 23.5 Å². The molecule has 4 heterocycles. The van der Waals surface area contributed by atoms with Gasteiger partial charge in [-0.1, -0.05) is 5.16 Å². The van der Waals surface area contributed by atoms with Crippen LogP contribution in [-0.2, 0) is 19.6 Å². The van der Waals surface area contributed by atoms with Gasteiger partial charge in [0.15, 0.2) is 11.5 Å². The first-order chi connectivity index (χ1) is 15.3. The lowest BCUT2D eigenvalue weighted by atomic mass is 9.85. The molecule has 0 amide bonds. The lowest BCUT2D eigenvalue weighted by molar-refractivity contribution is -0.140. The predicted octanol–water partition coefficient (Wildman–Crippen LogP) is 4.95. The molecule has 5 rings (SSSR count). The minimum atomic E-state index is -4.52. The standard InChI is InChI=1S/C21H15F3N6OS/c1-30-9-16(21(22,23)24)27-19(30)14-6-5-11(8-26-14)18-28-20(31-29-18)13-3-2-4-15-17(13)12(7-25)10-32-15/h5-6,8-10,13H,2-4H2,1H3. The fourth-order valence-corrected chi connectivity index (χ4v) is 5.00. The molecule has 4 aromatic heterocycles. The number of aromatic nitrogens is 5. The van der Waals surface area contributed by atoms with E-state index in [-0.39, 0.29) is 11.7 Å². The quantitative estimate of drug-likeness (QED) is 0.433. The number of aryl methyl sites for hydroxylation is 2. The normalized spacial score (nSPS) is 16.0. The van der Waals surface area contributed by atoms with Crippen molar-refractivity contribution in [2.75, 3.05) is 0 Å². The van der Waals surface area contributed by atoms with Crippen LogP contribution >= 0.6 is 11.3 Å². The SMILES string of the molecule is Cn1cc(C(F)(F)F)nc1-c1ccc(-c2noc(C3CCCc4scc(C#N)c43)n2)cn1. The van der Waals surface area contributed by atoms with Crippen LogP contribution in [-0.4, -0.2) is 24.7 Å². The van der Waals surface area contributed by atoms with Gasteiger partial charge in [-0.2, -0.15) is 23.4 Å². The number of imidazole rings is 1. The number of nitrogens with zero attached hydrogens (tertiary/aromatic N) is 6. The van der Waals surface area contributed by atoms with Gasteiger partial charge in [0.25, 0.3) is 0 Å². The number of alkyl halides is 3. The summed E-state index contributed by atoms with van der Waals surface area (Å²) in [6.07, 6.45) is 0.606. The summed E-state index contributed by atoms with van der Waals surface area (Å²) < 4.78 is 45.6. The van der Waals surface area contributed by atoms with Crippen molar-refractivity contribution in [2.45, 2.75) is 31.4 Å². The zero-order chi connectivity index (χ0) is 22.5. The molecule has 0 fully saturated rings. The van der Waals surface area contributed by atoms with Crippen LogP contribution in [0.1, 0.15) is 46.3 Å². The number of hydrogen-bond donors (Lipinski definition) is 0. The van der Waals surface area contributed by atoms with Crippen LogP contribution in [0.3, 0.4) is 0 Å². The molecule has 11 heteroatoms. The number of hydrogen-bond acceptors (Lipinski definition) is 7. The van der Waals surface area contributed by atoms with Crippen molar-refractivity contribution < 1.29 is 17.7 Å². The van der Waals surface area contributed by atoms with Gasteiger partial charge in [-0.05, 0) is 37.0 Å². The fraction of sp³-hybridized carbons (Fsp3) is 0.286. The molecule has 0 saturated carbocycles. The summed E-state index contributed by atoms with van der Waals surface area (Å²) in [6.45, 7) is 0. The van der Waals surface area contributed by atoms with Crippen LogP contribution in [0, 0.1) is 11.3 Å². The molecule has 32 heavy (non-hydrogen) atoms. The van der Waals surface area contributed by atoms with Gasteiger partial charge in [-0.3, -0.25) is 4.98 Å². The monoisotopic (exact) mass is 456 g/mol. The highest BCUT2D eigenvalue weighted by atomic mass is 32.1. The van der Waals surface area contributed by atoms with Crippen LogP contribution in [0.2, 0.25) is 0 Å². The number of thiophene rings is 1. The maximum Gasteiger partial charge on any atom is 0.434 e. The van der Waals surface area contributed by atoms with E-state index in [1.165, 1.54) is 22.7 Å². The van der Waals surface area contributed by atoms with E-state index in [0.717, 1.165) is 31.0 Å². The Balaban J connectivity index is 1.43. The van der Waals surface area contributed by atoms with Gasteiger partial charge in [0.1, 0.15) is 11.8 Å². The maximum absolute atomic E-state index is 12.9. The summed E-state index contributed by atoms with van der Waals surface area (Å²) in [5, 5.41) is 15.3. The van der Waals surface area contributed by atoms with Gasteiger partial charge in [0.05, 0.1) is 11.5 Å². The molecular weight excluding hydrogens is 441 g/mol. The highest BCUT2D eigenvalue weighted by Gasteiger charge is 2.35. The highest BCUT2D eigenvalue weighted by molar-refractivity contribution is 7.10. The number of rotatable bonds is 3.